The number of rotatable bonds is 7. The number of methoxy groups -OCH3 is 1. The summed E-state index contributed by atoms with van der Waals surface area (Å²) in [5.74, 6) is 0. The van der Waals surface area contributed by atoms with Crippen LogP contribution in [-0.2, 0) is 21.8 Å². The standard InChI is InChI=1S/C19H23F2N5O3S/c1-22-30(27,28)14-6-7-16(15(9-14)17-11-25(2)12-23-17)24-18-8-5-13(10-26(18)3)19(20,21)29-4/h5-12,18,22,24H,1-4H3. The zero-order valence-electron chi connectivity index (χ0n) is 16.9. The SMILES string of the molecule is CNS(=O)(=O)c1ccc(NC2C=CC(C(F)(F)OC)=CN2C)c(-c2cn(C)cn2)c1. The summed E-state index contributed by atoms with van der Waals surface area (Å²) in [6.07, 6.45) is 3.68. The molecule has 3 rings (SSSR count). The fourth-order valence-corrected chi connectivity index (χ4v) is 3.73. The third-order valence-electron chi connectivity index (χ3n) is 4.69. The largest absolute Gasteiger partial charge is 0.384 e. The van der Waals surface area contributed by atoms with Crippen molar-refractivity contribution in [1.29, 1.82) is 0 Å². The first kappa shape index (κ1) is 21.9. The van der Waals surface area contributed by atoms with Gasteiger partial charge in [-0.25, -0.2) is 18.1 Å². The number of aryl methyl sites for hydroxylation is 1. The second kappa shape index (κ2) is 8.17. The molecule has 0 bridgehead atoms. The lowest BCUT2D eigenvalue weighted by molar-refractivity contribution is -0.188. The van der Waals surface area contributed by atoms with Crippen LogP contribution in [0.3, 0.4) is 0 Å². The number of sulfonamides is 1. The van der Waals surface area contributed by atoms with Crippen LogP contribution >= 0.6 is 0 Å². The van der Waals surface area contributed by atoms with Crippen molar-refractivity contribution < 1.29 is 21.9 Å². The number of anilines is 1. The lowest BCUT2D eigenvalue weighted by Gasteiger charge is -2.31. The molecule has 0 fully saturated rings. The van der Waals surface area contributed by atoms with Gasteiger partial charge in [0.1, 0.15) is 6.17 Å². The quantitative estimate of drug-likeness (QED) is 0.689. The van der Waals surface area contributed by atoms with Crippen molar-refractivity contribution in [3.8, 4) is 11.3 Å². The van der Waals surface area contributed by atoms with E-state index in [-0.39, 0.29) is 10.5 Å². The predicted molar refractivity (Wildman–Crippen MR) is 109 cm³/mol. The topological polar surface area (TPSA) is 88.5 Å². The highest BCUT2D eigenvalue weighted by atomic mass is 32.2. The van der Waals surface area contributed by atoms with Crippen molar-refractivity contribution in [3.05, 3.63) is 54.6 Å². The first-order chi connectivity index (χ1) is 14.1. The van der Waals surface area contributed by atoms with Gasteiger partial charge in [0.15, 0.2) is 0 Å². The number of imidazole rings is 1. The van der Waals surface area contributed by atoms with Crippen molar-refractivity contribution >= 4 is 15.7 Å². The number of likely N-dealkylation sites (N-methyl/N-ethyl adjacent to an activating group) is 1. The molecule has 2 heterocycles. The Morgan fingerprint density at radius 1 is 1.27 bits per heavy atom. The van der Waals surface area contributed by atoms with E-state index in [1.807, 2.05) is 0 Å². The van der Waals surface area contributed by atoms with Crippen LogP contribution in [0.4, 0.5) is 14.5 Å². The number of benzene rings is 1. The summed E-state index contributed by atoms with van der Waals surface area (Å²) in [4.78, 5) is 5.97. The van der Waals surface area contributed by atoms with Gasteiger partial charge in [0.25, 0.3) is 0 Å². The van der Waals surface area contributed by atoms with Crippen molar-refractivity contribution in [2.45, 2.75) is 17.2 Å². The molecule has 1 atom stereocenters. The van der Waals surface area contributed by atoms with Crippen molar-refractivity contribution in [2.24, 2.45) is 7.05 Å². The number of ether oxygens (including phenoxy) is 1. The lowest BCUT2D eigenvalue weighted by Crippen LogP contribution is -2.37. The summed E-state index contributed by atoms with van der Waals surface area (Å²) in [6, 6.07) is 4.61. The average molecular weight is 439 g/mol. The molecule has 1 aromatic carbocycles. The van der Waals surface area contributed by atoms with E-state index in [4.69, 9.17) is 0 Å². The van der Waals surface area contributed by atoms with Gasteiger partial charge in [-0.15, -0.1) is 0 Å². The van der Waals surface area contributed by atoms with E-state index in [9.17, 15) is 17.2 Å². The van der Waals surface area contributed by atoms with Crippen molar-refractivity contribution in [1.82, 2.24) is 19.2 Å². The maximum absolute atomic E-state index is 13.8. The van der Waals surface area contributed by atoms with Gasteiger partial charge >= 0.3 is 6.11 Å². The number of hydrogen-bond donors (Lipinski definition) is 2. The van der Waals surface area contributed by atoms with Gasteiger partial charge in [-0.05, 0) is 37.4 Å². The van der Waals surface area contributed by atoms with E-state index in [2.05, 4.69) is 19.8 Å². The molecule has 1 aliphatic heterocycles. The molecule has 0 spiro atoms. The fourth-order valence-electron chi connectivity index (χ4n) is 2.97. The summed E-state index contributed by atoms with van der Waals surface area (Å²) in [5, 5.41) is 3.24. The Labute approximate surface area is 173 Å². The molecule has 0 saturated heterocycles. The second-order valence-electron chi connectivity index (χ2n) is 6.76. The molecule has 30 heavy (non-hydrogen) atoms. The van der Waals surface area contributed by atoms with E-state index < -0.39 is 22.3 Å². The minimum Gasteiger partial charge on any atom is -0.361 e. The minimum atomic E-state index is -3.65. The smallest absolute Gasteiger partial charge is 0.361 e. The van der Waals surface area contributed by atoms with Gasteiger partial charge in [0.2, 0.25) is 10.0 Å². The van der Waals surface area contributed by atoms with Gasteiger partial charge < -0.3 is 19.5 Å². The summed E-state index contributed by atoms with van der Waals surface area (Å²) in [5.41, 5.74) is 1.45. The van der Waals surface area contributed by atoms with Crippen LogP contribution in [0.2, 0.25) is 0 Å². The summed E-state index contributed by atoms with van der Waals surface area (Å²) < 4.78 is 60.3. The van der Waals surface area contributed by atoms with Gasteiger partial charge in [0.05, 0.1) is 22.5 Å². The Kier molecular flexibility index (Phi) is 5.97. The normalized spacial score (nSPS) is 17.2. The van der Waals surface area contributed by atoms with E-state index in [0.29, 0.717) is 16.9 Å². The summed E-state index contributed by atoms with van der Waals surface area (Å²) in [6.45, 7) is 0. The molecular formula is C19H23F2N5O3S. The Morgan fingerprint density at radius 3 is 2.57 bits per heavy atom. The lowest BCUT2D eigenvalue weighted by atomic mass is 10.1. The Balaban J connectivity index is 1.96. The number of hydrogen-bond acceptors (Lipinski definition) is 6. The first-order valence-corrected chi connectivity index (χ1v) is 10.4. The predicted octanol–water partition coefficient (Wildman–Crippen LogP) is 2.36. The molecule has 0 amide bonds. The molecule has 1 aliphatic rings. The van der Waals surface area contributed by atoms with Crippen molar-refractivity contribution in [2.75, 3.05) is 26.5 Å². The molecule has 8 nitrogen and oxygen atoms in total. The molecule has 0 aliphatic carbocycles. The zero-order valence-corrected chi connectivity index (χ0v) is 17.7. The van der Waals surface area contributed by atoms with Crippen LogP contribution in [0, 0.1) is 0 Å². The zero-order chi connectivity index (χ0) is 22.1. The average Bonchev–Trinajstić information content (AvgIpc) is 3.15. The summed E-state index contributed by atoms with van der Waals surface area (Å²) in [7, 11) is 2.08. The third-order valence-corrected chi connectivity index (χ3v) is 6.10. The van der Waals surface area contributed by atoms with Crippen LogP contribution in [0.5, 0.6) is 0 Å². The van der Waals surface area contributed by atoms with Crippen molar-refractivity contribution in [3.63, 3.8) is 0 Å². The number of alkyl halides is 2. The summed E-state index contributed by atoms with van der Waals surface area (Å²) >= 11 is 0. The third kappa shape index (κ3) is 4.37. The Morgan fingerprint density at radius 2 is 2.00 bits per heavy atom. The van der Waals surface area contributed by atoms with Crippen LogP contribution in [0.15, 0.2) is 59.5 Å². The fraction of sp³-hybridized carbons (Fsp3) is 0.316. The number of nitrogens with one attached hydrogen (secondary N) is 2. The molecule has 2 aromatic rings. The molecule has 162 valence electrons. The van der Waals surface area contributed by atoms with E-state index in [0.717, 1.165) is 7.11 Å². The molecule has 1 aromatic heterocycles. The van der Waals surface area contributed by atoms with E-state index >= 15 is 0 Å². The maximum atomic E-state index is 13.8. The molecule has 11 heteroatoms. The Bertz CT molecular complexity index is 1100. The monoisotopic (exact) mass is 439 g/mol. The van der Waals surface area contributed by atoms with Gasteiger partial charge in [-0.1, -0.05) is 0 Å². The molecule has 0 radical (unpaired) electrons. The van der Waals surface area contributed by atoms with Crippen LogP contribution in [-0.4, -0.2) is 56.3 Å². The van der Waals surface area contributed by atoms with Crippen LogP contribution in [0.1, 0.15) is 0 Å². The number of aromatic nitrogens is 2. The highest BCUT2D eigenvalue weighted by Crippen LogP contribution is 2.32. The van der Waals surface area contributed by atoms with Crippen LogP contribution in [0.25, 0.3) is 11.3 Å². The van der Waals surface area contributed by atoms with Gasteiger partial charge in [-0.2, -0.15) is 8.78 Å². The van der Waals surface area contributed by atoms with E-state index in [1.54, 1.807) is 48.2 Å². The number of nitrogens with zero attached hydrogens (tertiary/aromatic N) is 3. The maximum Gasteiger partial charge on any atom is 0.384 e. The number of halogens is 2. The molecular weight excluding hydrogens is 416 g/mol. The Hall–Kier alpha value is -2.76. The van der Waals surface area contributed by atoms with Gasteiger partial charge in [-0.3, -0.25) is 0 Å². The highest BCUT2D eigenvalue weighted by molar-refractivity contribution is 7.89. The highest BCUT2D eigenvalue weighted by Gasteiger charge is 2.35. The second-order valence-corrected chi connectivity index (χ2v) is 8.64. The van der Waals surface area contributed by atoms with Crippen LogP contribution < -0.4 is 10.0 Å². The molecule has 2 N–H and O–H groups in total. The molecule has 1 unspecified atom stereocenters. The first-order valence-electron chi connectivity index (χ1n) is 8.95. The molecule has 0 saturated carbocycles. The van der Waals surface area contributed by atoms with E-state index in [1.165, 1.54) is 31.5 Å². The van der Waals surface area contributed by atoms with Gasteiger partial charge in [0, 0.05) is 44.9 Å². The minimum absolute atomic E-state index is 0.0886.